The van der Waals surface area contributed by atoms with Crippen LogP contribution >= 0.6 is 0 Å². The number of halogens is 1. The number of pyridine rings is 1. The van der Waals surface area contributed by atoms with Gasteiger partial charge in [-0.1, -0.05) is 6.07 Å². The second kappa shape index (κ2) is 8.19. The highest BCUT2D eigenvalue weighted by atomic mass is 19.1. The average molecular weight is 397 g/mol. The normalized spacial score (nSPS) is 24.7. The van der Waals surface area contributed by atoms with Crippen molar-refractivity contribution in [2.24, 2.45) is 5.92 Å². The Kier molecular flexibility index (Phi) is 5.27. The van der Waals surface area contributed by atoms with Gasteiger partial charge in [-0.05, 0) is 55.4 Å². The van der Waals surface area contributed by atoms with E-state index in [4.69, 9.17) is 9.72 Å². The summed E-state index contributed by atoms with van der Waals surface area (Å²) in [7, 11) is 0. The molecule has 0 saturated carbocycles. The van der Waals surface area contributed by atoms with Crippen LogP contribution < -0.4 is 15.1 Å². The fourth-order valence-corrected chi connectivity index (χ4v) is 4.94. The van der Waals surface area contributed by atoms with Crippen LogP contribution in [-0.4, -0.2) is 50.4 Å². The Morgan fingerprint density at radius 1 is 1.07 bits per heavy atom. The van der Waals surface area contributed by atoms with Crippen molar-refractivity contribution in [3.05, 3.63) is 47.9 Å². The second-order valence-electron chi connectivity index (χ2n) is 8.42. The maximum absolute atomic E-state index is 13.7. The quantitative estimate of drug-likeness (QED) is 0.838. The highest BCUT2D eigenvalue weighted by Gasteiger charge is 2.31. The maximum atomic E-state index is 13.7. The van der Waals surface area contributed by atoms with Gasteiger partial charge in [-0.15, -0.1) is 0 Å². The van der Waals surface area contributed by atoms with Gasteiger partial charge in [0.25, 0.3) is 0 Å². The molecule has 5 rings (SSSR count). The molecule has 29 heavy (non-hydrogen) atoms. The van der Waals surface area contributed by atoms with Crippen molar-refractivity contribution < 1.29 is 9.13 Å². The number of benzene rings is 1. The number of rotatable bonds is 2. The molecule has 1 N–H and O–H groups in total. The van der Waals surface area contributed by atoms with Crippen molar-refractivity contribution in [3.8, 4) is 0 Å². The monoisotopic (exact) mass is 396 g/mol. The molecule has 0 aliphatic carbocycles. The third-order valence-electron chi connectivity index (χ3n) is 6.60. The topological polar surface area (TPSA) is 40.6 Å². The maximum Gasteiger partial charge on any atom is 0.130 e. The van der Waals surface area contributed by atoms with Gasteiger partial charge in [0.1, 0.15) is 11.6 Å². The molecule has 0 amide bonds. The summed E-state index contributed by atoms with van der Waals surface area (Å²) in [6, 6.07) is 9.58. The zero-order valence-corrected chi connectivity index (χ0v) is 16.8. The minimum atomic E-state index is -0.165. The van der Waals surface area contributed by atoms with Crippen molar-refractivity contribution >= 4 is 17.2 Å². The second-order valence-corrected chi connectivity index (χ2v) is 8.42. The van der Waals surface area contributed by atoms with Gasteiger partial charge >= 0.3 is 0 Å². The van der Waals surface area contributed by atoms with E-state index in [1.807, 2.05) is 6.07 Å². The summed E-state index contributed by atoms with van der Waals surface area (Å²) in [5.74, 6) is 1.53. The molecule has 4 heterocycles. The predicted molar refractivity (Wildman–Crippen MR) is 114 cm³/mol. The van der Waals surface area contributed by atoms with Gasteiger partial charge in [0.15, 0.2) is 0 Å². The number of ether oxygens (including phenoxy) is 1. The van der Waals surface area contributed by atoms with Gasteiger partial charge in [0, 0.05) is 55.9 Å². The van der Waals surface area contributed by atoms with Crippen molar-refractivity contribution in [2.75, 3.05) is 54.5 Å². The number of fused-ring (bicyclic) bond motifs is 2. The van der Waals surface area contributed by atoms with Crippen LogP contribution in [-0.2, 0) is 11.2 Å². The van der Waals surface area contributed by atoms with E-state index >= 15 is 0 Å². The third kappa shape index (κ3) is 4.04. The molecule has 6 heteroatoms. The summed E-state index contributed by atoms with van der Waals surface area (Å²) in [5, 5.41) is 3.86. The van der Waals surface area contributed by atoms with E-state index < -0.39 is 0 Å². The molecule has 3 aliphatic rings. The van der Waals surface area contributed by atoms with Crippen LogP contribution in [0.1, 0.15) is 24.8 Å². The standard InChI is InChI=1S/C23H29FN4O/c24-19-5-2-6-20(13-19)28-8-7-17-3-1-4-18-15-25-23(27-9-11-29-12-10-27)14-21(18)26-22(17)16-28/h2,5-6,13-15,17,22,26H,1,3-4,7-12,16H2/t17?,22-/m0/s1. The summed E-state index contributed by atoms with van der Waals surface area (Å²) in [5.41, 5.74) is 3.51. The van der Waals surface area contributed by atoms with E-state index in [0.717, 1.165) is 63.7 Å². The van der Waals surface area contributed by atoms with Gasteiger partial charge in [-0.3, -0.25) is 0 Å². The number of nitrogens with zero attached hydrogens (tertiary/aromatic N) is 3. The average Bonchev–Trinajstić information content (AvgIpc) is 2.74. The molecule has 1 aromatic carbocycles. The van der Waals surface area contributed by atoms with E-state index in [0.29, 0.717) is 12.0 Å². The molecule has 2 aromatic rings. The number of piperidine rings is 1. The summed E-state index contributed by atoms with van der Waals surface area (Å²) in [6.07, 6.45) is 6.72. The zero-order valence-electron chi connectivity index (χ0n) is 16.8. The van der Waals surface area contributed by atoms with Crippen molar-refractivity contribution in [1.29, 1.82) is 0 Å². The van der Waals surface area contributed by atoms with E-state index in [2.05, 4.69) is 27.4 Å². The zero-order chi connectivity index (χ0) is 19.6. The first-order chi connectivity index (χ1) is 14.3. The van der Waals surface area contributed by atoms with Crippen molar-refractivity contribution in [3.63, 3.8) is 0 Å². The summed E-state index contributed by atoms with van der Waals surface area (Å²) >= 11 is 0. The smallest absolute Gasteiger partial charge is 0.130 e. The molecule has 0 bridgehead atoms. The number of morpholine rings is 1. The Morgan fingerprint density at radius 2 is 1.97 bits per heavy atom. The van der Waals surface area contributed by atoms with Gasteiger partial charge in [0.05, 0.1) is 13.2 Å². The van der Waals surface area contributed by atoms with Crippen LogP contribution in [0.3, 0.4) is 0 Å². The Balaban J connectivity index is 1.38. The van der Waals surface area contributed by atoms with Crippen LogP contribution in [0.15, 0.2) is 36.5 Å². The molecule has 0 spiro atoms. The molecule has 2 atom stereocenters. The lowest BCUT2D eigenvalue weighted by atomic mass is 9.84. The van der Waals surface area contributed by atoms with Crippen LogP contribution in [0, 0.1) is 11.7 Å². The molecular weight excluding hydrogens is 367 g/mol. The molecule has 1 aromatic heterocycles. The lowest BCUT2D eigenvalue weighted by Crippen LogP contribution is -2.48. The van der Waals surface area contributed by atoms with Gasteiger partial charge in [0.2, 0.25) is 0 Å². The predicted octanol–water partition coefficient (Wildman–Crippen LogP) is 3.70. The van der Waals surface area contributed by atoms with E-state index in [1.165, 1.54) is 30.2 Å². The van der Waals surface area contributed by atoms with Crippen LogP contribution in [0.5, 0.6) is 0 Å². The lowest BCUT2D eigenvalue weighted by molar-refractivity contribution is 0.122. The molecular formula is C23H29FN4O. The molecule has 2 saturated heterocycles. The third-order valence-corrected chi connectivity index (χ3v) is 6.60. The number of aryl methyl sites for hydroxylation is 1. The minimum Gasteiger partial charge on any atom is -0.380 e. The van der Waals surface area contributed by atoms with E-state index in [-0.39, 0.29) is 5.82 Å². The number of hydrogen-bond acceptors (Lipinski definition) is 5. The fourth-order valence-electron chi connectivity index (χ4n) is 4.94. The molecule has 2 fully saturated rings. The van der Waals surface area contributed by atoms with Crippen LogP contribution in [0.25, 0.3) is 0 Å². The Bertz CT molecular complexity index is 855. The van der Waals surface area contributed by atoms with Crippen LogP contribution in [0.2, 0.25) is 0 Å². The van der Waals surface area contributed by atoms with Gasteiger partial charge in [-0.2, -0.15) is 0 Å². The minimum absolute atomic E-state index is 0.165. The Hall–Kier alpha value is -2.34. The first-order valence-electron chi connectivity index (χ1n) is 10.8. The lowest BCUT2D eigenvalue weighted by Gasteiger charge is -2.42. The molecule has 1 unspecified atom stereocenters. The number of hydrogen-bond donors (Lipinski definition) is 1. The largest absolute Gasteiger partial charge is 0.380 e. The van der Waals surface area contributed by atoms with Gasteiger partial charge in [-0.25, -0.2) is 9.37 Å². The first kappa shape index (κ1) is 18.7. The van der Waals surface area contributed by atoms with Crippen molar-refractivity contribution in [2.45, 2.75) is 31.7 Å². The summed E-state index contributed by atoms with van der Waals surface area (Å²) in [6.45, 7) is 5.21. The first-order valence-corrected chi connectivity index (χ1v) is 10.8. The fraction of sp³-hybridized carbons (Fsp3) is 0.522. The van der Waals surface area contributed by atoms with Crippen LogP contribution in [0.4, 0.5) is 21.6 Å². The summed E-state index contributed by atoms with van der Waals surface area (Å²) < 4.78 is 19.2. The molecule has 5 nitrogen and oxygen atoms in total. The number of aromatic nitrogens is 1. The van der Waals surface area contributed by atoms with E-state index in [9.17, 15) is 4.39 Å². The van der Waals surface area contributed by atoms with Gasteiger partial charge < -0.3 is 19.9 Å². The Morgan fingerprint density at radius 3 is 2.83 bits per heavy atom. The number of anilines is 3. The number of nitrogens with one attached hydrogen (secondary N) is 1. The molecule has 0 radical (unpaired) electrons. The molecule has 3 aliphatic heterocycles. The Labute approximate surface area is 171 Å². The molecule has 154 valence electrons. The highest BCUT2D eigenvalue weighted by Crippen LogP contribution is 2.34. The van der Waals surface area contributed by atoms with E-state index in [1.54, 1.807) is 12.1 Å². The highest BCUT2D eigenvalue weighted by molar-refractivity contribution is 5.60. The van der Waals surface area contributed by atoms with Crippen molar-refractivity contribution in [1.82, 2.24) is 4.98 Å². The SMILES string of the molecule is Fc1cccc(N2CCC3CCCc4cnc(N5CCOCC5)cc4N[C@H]3C2)c1. The summed E-state index contributed by atoms with van der Waals surface area (Å²) in [4.78, 5) is 9.37.